The summed E-state index contributed by atoms with van der Waals surface area (Å²) >= 11 is 14.2. The van der Waals surface area contributed by atoms with E-state index in [0.717, 1.165) is 9.13 Å². The van der Waals surface area contributed by atoms with Gasteiger partial charge in [-0.3, -0.25) is 0 Å². The first kappa shape index (κ1) is 13.8. The van der Waals surface area contributed by atoms with E-state index in [4.69, 9.17) is 33.0 Å². The number of halogens is 3. The Morgan fingerprint density at radius 2 is 2.06 bits per heavy atom. The Morgan fingerprint density at radius 3 is 2.65 bits per heavy atom. The lowest BCUT2D eigenvalue weighted by molar-refractivity contribution is -0.0225. The first-order chi connectivity index (χ1) is 8.02. The third-order valence-electron chi connectivity index (χ3n) is 2.79. The number of hydrogen-bond donors (Lipinski definition) is 2. The van der Waals surface area contributed by atoms with Gasteiger partial charge >= 0.3 is 0 Å². The molecular formula is C11H11Cl2IO3. The monoisotopic (exact) mass is 388 g/mol. The van der Waals surface area contributed by atoms with Crippen molar-refractivity contribution in [1.82, 2.24) is 0 Å². The quantitative estimate of drug-likeness (QED) is 0.605. The van der Waals surface area contributed by atoms with Crippen LogP contribution in [0.5, 0.6) is 0 Å². The molecule has 1 aliphatic heterocycles. The lowest BCUT2D eigenvalue weighted by atomic mass is 10.0. The van der Waals surface area contributed by atoms with Crippen LogP contribution in [0, 0.1) is 3.57 Å². The Labute approximate surface area is 123 Å². The lowest BCUT2D eigenvalue weighted by Gasteiger charge is -2.14. The molecule has 3 atom stereocenters. The number of benzene rings is 1. The number of aliphatic hydroxyl groups is 2. The zero-order valence-corrected chi connectivity index (χ0v) is 12.4. The van der Waals surface area contributed by atoms with Gasteiger partial charge in [-0.05, 0) is 34.7 Å². The summed E-state index contributed by atoms with van der Waals surface area (Å²) in [6.07, 6.45) is -1.05. The van der Waals surface area contributed by atoms with Gasteiger partial charge in [-0.25, -0.2) is 0 Å². The van der Waals surface area contributed by atoms with Gasteiger partial charge in [-0.15, -0.1) is 0 Å². The fourth-order valence-electron chi connectivity index (χ4n) is 1.88. The van der Waals surface area contributed by atoms with Crippen LogP contribution < -0.4 is 0 Å². The average molecular weight is 389 g/mol. The number of rotatable bonds is 2. The number of ether oxygens (including phenoxy) is 1. The van der Waals surface area contributed by atoms with Crippen molar-refractivity contribution in [2.24, 2.45) is 0 Å². The largest absolute Gasteiger partial charge is 0.394 e. The van der Waals surface area contributed by atoms with Gasteiger partial charge in [0.05, 0.1) is 23.8 Å². The SMILES string of the molecule is OC[C@H]1O[C@@H](c2cc(I)c(Cl)cc2Cl)C[C@H]1O. The molecule has 1 aromatic carbocycles. The summed E-state index contributed by atoms with van der Waals surface area (Å²) in [7, 11) is 0. The zero-order chi connectivity index (χ0) is 12.6. The first-order valence-electron chi connectivity index (χ1n) is 5.11. The third-order valence-corrected chi connectivity index (χ3v) is 4.64. The normalized spacial score (nSPS) is 28.6. The second-order valence-corrected chi connectivity index (χ2v) is 5.91. The van der Waals surface area contributed by atoms with Crippen molar-refractivity contribution in [3.8, 4) is 0 Å². The van der Waals surface area contributed by atoms with Crippen molar-refractivity contribution in [1.29, 1.82) is 0 Å². The van der Waals surface area contributed by atoms with Crippen molar-refractivity contribution in [3.63, 3.8) is 0 Å². The van der Waals surface area contributed by atoms with Gasteiger partial charge in [0, 0.05) is 20.6 Å². The molecule has 94 valence electrons. The molecule has 3 nitrogen and oxygen atoms in total. The van der Waals surface area contributed by atoms with Crippen LogP contribution in [-0.4, -0.2) is 29.0 Å². The average Bonchev–Trinajstić information content (AvgIpc) is 2.65. The summed E-state index contributed by atoms with van der Waals surface area (Å²) in [6, 6.07) is 3.52. The molecule has 2 rings (SSSR count). The minimum Gasteiger partial charge on any atom is -0.394 e. The highest BCUT2D eigenvalue weighted by Crippen LogP contribution is 2.38. The van der Waals surface area contributed by atoms with E-state index < -0.39 is 12.2 Å². The number of aliphatic hydroxyl groups excluding tert-OH is 2. The smallest absolute Gasteiger partial charge is 0.107 e. The zero-order valence-electron chi connectivity index (χ0n) is 8.74. The molecule has 0 bridgehead atoms. The Hall–Kier alpha value is 0.410. The van der Waals surface area contributed by atoms with Crippen LogP contribution in [-0.2, 0) is 4.74 Å². The van der Waals surface area contributed by atoms with E-state index in [2.05, 4.69) is 22.6 Å². The molecule has 0 aromatic heterocycles. The predicted octanol–water partition coefficient (Wildman–Crippen LogP) is 2.78. The van der Waals surface area contributed by atoms with E-state index in [1.807, 2.05) is 6.07 Å². The molecule has 0 unspecified atom stereocenters. The molecule has 0 aliphatic carbocycles. The molecule has 1 fully saturated rings. The summed E-state index contributed by atoms with van der Waals surface area (Å²) in [6.45, 7) is -0.194. The minimum absolute atomic E-state index is 0.194. The van der Waals surface area contributed by atoms with Crippen LogP contribution in [0.25, 0.3) is 0 Å². The van der Waals surface area contributed by atoms with E-state index in [9.17, 15) is 5.11 Å². The second-order valence-electron chi connectivity index (χ2n) is 3.94. The maximum absolute atomic E-state index is 9.68. The van der Waals surface area contributed by atoms with Crippen LogP contribution >= 0.6 is 45.8 Å². The summed E-state index contributed by atoms with van der Waals surface area (Å²) < 4.78 is 6.44. The summed E-state index contributed by atoms with van der Waals surface area (Å²) in [5.41, 5.74) is 0.801. The predicted molar refractivity (Wildman–Crippen MR) is 74.5 cm³/mol. The van der Waals surface area contributed by atoms with Crippen molar-refractivity contribution < 1.29 is 14.9 Å². The van der Waals surface area contributed by atoms with Crippen molar-refractivity contribution in [2.45, 2.75) is 24.7 Å². The number of hydrogen-bond acceptors (Lipinski definition) is 3. The van der Waals surface area contributed by atoms with Crippen LogP contribution in [0.2, 0.25) is 10.0 Å². The van der Waals surface area contributed by atoms with Crippen molar-refractivity contribution in [3.05, 3.63) is 31.3 Å². The first-order valence-corrected chi connectivity index (χ1v) is 6.95. The molecule has 0 saturated carbocycles. The Kier molecular flexibility index (Phi) is 4.55. The van der Waals surface area contributed by atoms with E-state index >= 15 is 0 Å². The standard InChI is InChI=1S/C11H11Cl2IO3/c12-6-2-7(13)8(14)1-5(6)10-3-9(16)11(4-15)17-10/h1-2,9-11,15-16H,3-4H2/t9-,10-,11-/m1/s1. The van der Waals surface area contributed by atoms with Crippen LogP contribution in [0.15, 0.2) is 12.1 Å². The Bertz CT molecular complexity index is 427. The van der Waals surface area contributed by atoms with Crippen LogP contribution in [0.4, 0.5) is 0 Å². The molecule has 0 radical (unpaired) electrons. The molecule has 1 heterocycles. The molecule has 0 amide bonds. The van der Waals surface area contributed by atoms with Gasteiger partial charge in [-0.1, -0.05) is 23.2 Å². The topological polar surface area (TPSA) is 49.7 Å². The maximum Gasteiger partial charge on any atom is 0.107 e. The molecule has 0 spiro atoms. The van der Waals surface area contributed by atoms with Crippen LogP contribution in [0.3, 0.4) is 0 Å². The van der Waals surface area contributed by atoms with Gasteiger partial charge in [0.2, 0.25) is 0 Å². The molecule has 1 aromatic rings. The summed E-state index contributed by atoms with van der Waals surface area (Å²) in [5, 5.41) is 19.8. The highest BCUT2D eigenvalue weighted by atomic mass is 127. The highest BCUT2D eigenvalue weighted by Gasteiger charge is 2.35. The van der Waals surface area contributed by atoms with Gasteiger partial charge in [-0.2, -0.15) is 0 Å². The fourth-order valence-corrected chi connectivity index (χ4v) is 2.87. The van der Waals surface area contributed by atoms with E-state index in [1.54, 1.807) is 6.07 Å². The van der Waals surface area contributed by atoms with E-state index in [0.29, 0.717) is 16.5 Å². The van der Waals surface area contributed by atoms with E-state index in [-0.39, 0.29) is 12.7 Å². The van der Waals surface area contributed by atoms with Crippen molar-refractivity contribution >= 4 is 45.8 Å². The molecule has 2 N–H and O–H groups in total. The molecule has 17 heavy (non-hydrogen) atoms. The molecular weight excluding hydrogens is 378 g/mol. The van der Waals surface area contributed by atoms with Gasteiger partial charge in [0.15, 0.2) is 0 Å². The highest BCUT2D eigenvalue weighted by molar-refractivity contribution is 14.1. The molecule has 6 heteroatoms. The lowest BCUT2D eigenvalue weighted by Crippen LogP contribution is -2.24. The van der Waals surface area contributed by atoms with Gasteiger partial charge in [0.25, 0.3) is 0 Å². The van der Waals surface area contributed by atoms with Gasteiger partial charge in [0.1, 0.15) is 6.10 Å². The summed E-state index contributed by atoms with van der Waals surface area (Å²) in [5.74, 6) is 0. The van der Waals surface area contributed by atoms with Gasteiger partial charge < -0.3 is 14.9 Å². The maximum atomic E-state index is 9.68. The Balaban J connectivity index is 2.27. The van der Waals surface area contributed by atoms with E-state index in [1.165, 1.54) is 0 Å². The van der Waals surface area contributed by atoms with Crippen molar-refractivity contribution in [2.75, 3.05) is 6.61 Å². The molecule has 1 saturated heterocycles. The Morgan fingerprint density at radius 1 is 1.35 bits per heavy atom. The third kappa shape index (κ3) is 2.88. The van der Waals surface area contributed by atoms with Crippen LogP contribution in [0.1, 0.15) is 18.1 Å². The fraction of sp³-hybridized carbons (Fsp3) is 0.455. The second kappa shape index (κ2) is 5.59. The molecule has 1 aliphatic rings. The minimum atomic E-state index is -0.658. The summed E-state index contributed by atoms with van der Waals surface area (Å²) in [4.78, 5) is 0.